The normalized spacial score (nSPS) is 10.2. The lowest BCUT2D eigenvalue weighted by Gasteiger charge is -2.19. The van der Waals surface area contributed by atoms with Gasteiger partial charge in [0.2, 0.25) is 5.91 Å². The Kier molecular flexibility index (Phi) is 6.65. The van der Waals surface area contributed by atoms with Gasteiger partial charge in [-0.3, -0.25) is 4.79 Å². The highest BCUT2D eigenvalue weighted by atomic mass is 16.4. The minimum Gasteiger partial charge on any atom is -0.478 e. The summed E-state index contributed by atoms with van der Waals surface area (Å²) in [5, 5.41) is 12.0. The minimum atomic E-state index is -0.993. The maximum Gasteiger partial charge on any atom is 0.335 e. The molecule has 0 aromatic carbocycles. The molecule has 0 bridgehead atoms. The molecule has 1 amide bonds. The Hall–Kier alpha value is -2.11. The molecule has 0 saturated heterocycles. The van der Waals surface area contributed by atoms with Crippen molar-refractivity contribution in [3.63, 3.8) is 0 Å². The molecule has 0 radical (unpaired) electrons. The number of aryl methyl sites for hydroxylation is 1. The molecule has 1 heterocycles. The van der Waals surface area contributed by atoms with Crippen LogP contribution >= 0.6 is 0 Å². The molecule has 0 unspecified atom stereocenters. The summed E-state index contributed by atoms with van der Waals surface area (Å²) in [5.74, 6) is -0.591. The Bertz CT molecular complexity index is 499. The first-order valence-electron chi connectivity index (χ1n) is 7.27. The molecule has 0 aliphatic rings. The number of likely N-dealkylation sites (N-methyl/N-ethyl adjacent to an activating group) is 1. The second-order valence-electron chi connectivity index (χ2n) is 4.71. The van der Waals surface area contributed by atoms with Crippen LogP contribution in [0.15, 0.2) is 12.1 Å². The number of hydrogen-bond donors (Lipinski definition) is 2. The van der Waals surface area contributed by atoms with Gasteiger partial charge in [-0.2, -0.15) is 0 Å². The van der Waals surface area contributed by atoms with Gasteiger partial charge in [-0.05, 0) is 32.4 Å². The number of carbonyl (C=O) groups excluding carboxylic acids is 1. The lowest BCUT2D eigenvalue weighted by molar-refractivity contribution is -0.128. The van der Waals surface area contributed by atoms with E-state index in [0.29, 0.717) is 25.3 Å². The van der Waals surface area contributed by atoms with E-state index in [0.717, 1.165) is 12.1 Å². The first kappa shape index (κ1) is 16.9. The highest BCUT2D eigenvalue weighted by Crippen LogP contribution is 2.12. The van der Waals surface area contributed by atoms with E-state index >= 15 is 0 Å². The van der Waals surface area contributed by atoms with E-state index in [-0.39, 0.29) is 18.0 Å². The quantitative estimate of drug-likeness (QED) is 0.766. The van der Waals surface area contributed by atoms with Crippen LogP contribution in [0.3, 0.4) is 0 Å². The fourth-order valence-corrected chi connectivity index (χ4v) is 2.04. The van der Waals surface area contributed by atoms with E-state index in [9.17, 15) is 9.59 Å². The van der Waals surface area contributed by atoms with Crippen LogP contribution in [0.5, 0.6) is 0 Å². The summed E-state index contributed by atoms with van der Waals surface area (Å²) in [4.78, 5) is 29.1. The molecular weight excluding hydrogens is 270 g/mol. The first-order valence-corrected chi connectivity index (χ1v) is 7.27. The average Bonchev–Trinajstić information content (AvgIpc) is 2.46. The number of carbonyl (C=O) groups is 2. The molecule has 2 N–H and O–H groups in total. The summed E-state index contributed by atoms with van der Waals surface area (Å²) >= 11 is 0. The van der Waals surface area contributed by atoms with E-state index in [1.807, 2.05) is 20.8 Å². The molecule has 0 saturated carbocycles. The summed E-state index contributed by atoms with van der Waals surface area (Å²) in [6.07, 6.45) is 1.59. The van der Waals surface area contributed by atoms with Crippen molar-refractivity contribution in [3.8, 4) is 0 Å². The molecule has 1 aromatic rings. The summed E-state index contributed by atoms with van der Waals surface area (Å²) < 4.78 is 0. The fourth-order valence-electron chi connectivity index (χ4n) is 2.04. The topological polar surface area (TPSA) is 82.5 Å². The monoisotopic (exact) mass is 293 g/mol. The SMILES string of the molecule is CCCc1cc(C(=O)O)cc(NCC(=O)N(CC)CC)n1. The van der Waals surface area contributed by atoms with Crippen molar-refractivity contribution >= 4 is 17.7 Å². The van der Waals surface area contributed by atoms with Crippen molar-refractivity contribution < 1.29 is 14.7 Å². The zero-order valence-electron chi connectivity index (χ0n) is 12.8. The van der Waals surface area contributed by atoms with Crippen molar-refractivity contribution in [2.24, 2.45) is 0 Å². The molecule has 0 fully saturated rings. The number of hydrogen-bond acceptors (Lipinski definition) is 4. The lowest BCUT2D eigenvalue weighted by Crippen LogP contribution is -2.35. The van der Waals surface area contributed by atoms with E-state index in [4.69, 9.17) is 5.11 Å². The molecule has 0 atom stereocenters. The Morgan fingerprint density at radius 3 is 2.43 bits per heavy atom. The highest BCUT2D eigenvalue weighted by Gasteiger charge is 2.12. The van der Waals surface area contributed by atoms with Crippen LogP contribution in [0.4, 0.5) is 5.82 Å². The number of carboxylic acids is 1. The Morgan fingerprint density at radius 2 is 1.90 bits per heavy atom. The predicted molar refractivity (Wildman–Crippen MR) is 81.6 cm³/mol. The lowest BCUT2D eigenvalue weighted by atomic mass is 10.1. The van der Waals surface area contributed by atoms with E-state index in [1.165, 1.54) is 6.07 Å². The van der Waals surface area contributed by atoms with Gasteiger partial charge in [-0.15, -0.1) is 0 Å². The maximum absolute atomic E-state index is 11.9. The van der Waals surface area contributed by atoms with Crippen molar-refractivity contribution in [3.05, 3.63) is 23.4 Å². The van der Waals surface area contributed by atoms with E-state index < -0.39 is 5.97 Å². The molecule has 116 valence electrons. The van der Waals surface area contributed by atoms with Gasteiger partial charge in [-0.1, -0.05) is 13.3 Å². The number of carboxylic acid groups (broad SMARTS) is 1. The summed E-state index contributed by atoms with van der Waals surface area (Å²) in [6, 6.07) is 3.03. The van der Waals surface area contributed by atoms with Crippen LogP contribution in [-0.4, -0.2) is 46.5 Å². The average molecular weight is 293 g/mol. The molecular formula is C15H23N3O3. The molecule has 6 nitrogen and oxygen atoms in total. The highest BCUT2D eigenvalue weighted by molar-refractivity contribution is 5.89. The van der Waals surface area contributed by atoms with Gasteiger partial charge >= 0.3 is 5.97 Å². The van der Waals surface area contributed by atoms with E-state index in [2.05, 4.69) is 10.3 Å². The third-order valence-corrected chi connectivity index (χ3v) is 3.17. The van der Waals surface area contributed by atoms with Gasteiger partial charge in [0.05, 0.1) is 12.1 Å². The number of nitrogens with one attached hydrogen (secondary N) is 1. The zero-order valence-corrected chi connectivity index (χ0v) is 12.8. The van der Waals surface area contributed by atoms with Gasteiger partial charge in [0, 0.05) is 18.8 Å². The molecule has 0 spiro atoms. The molecule has 1 rings (SSSR count). The summed E-state index contributed by atoms with van der Waals surface area (Å²) in [6.45, 7) is 7.27. The van der Waals surface area contributed by atoms with E-state index in [1.54, 1.807) is 11.0 Å². The third kappa shape index (κ3) is 5.06. The molecule has 21 heavy (non-hydrogen) atoms. The Balaban J connectivity index is 2.82. The van der Waals surface area contributed by atoms with Crippen LogP contribution in [0.25, 0.3) is 0 Å². The third-order valence-electron chi connectivity index (χ3n) is 3.17. The van der Waals surface area contributed by atoms with Crippen LogP contribution in [0.1, 0.15) is 43.2 Å². The molecule has 1 aromatic heterocycles. The van der Waals surface area contributed by atoms with Gasteiger partial charge in [0.15, 0.2) is 0 Å². The van der Waals surface area contributed by atoms with Crippen molar-refractivity contribution in [1.82, 2.24) is 9.88 Å². The summed E-state index contributed by atoms with van der Waals surface area (Å²) in [7, 11) is 0. The molecule has 0 aliphatic carbocycles. The zero-order chi connectivity index (χ0) is 15.8. The van der Waals surface area contributed by atoms with Crippen LogP contribution < -0.4 is 5.32 Å². The van der Waals surface area contributed by atoms with Crippen LogP contribution in [0, 0.1) is 0 Å². The number of rotatable bonds is 8. The van der Waals surface area contributed by atoms with Gasteiger partial charge in [0.1, 0.15) is 5.82 Å². The predicted octanol–water partition coefficient (Wildman–Crippen LogP) is 2.01. The second-order valence-corrected chi connectivity index (χ2v) is 4.71. The molecule has 0 aliphatic heterocycles. The number of nitrogens with zero attached hydrogens (tertiary/aromatic N) is 2. The number of anilines is 1. The number of amides is 1. The standard InChI is InChI=1S/C15H23N3O3/c1-4-7-12-8-11(15(20)21)9-13(17-12)16-10-14(19)18(5-2)6-3/h8-9H,4-7,10H2,1-3H3,(H,16,17)(H,20,21). The van der Waals surface area contributed by atoms with Crippen LogP contribution in [0.2, 0.25) is 0 Å². The van der Waals surface area contributed by atoms with Gasteiger partial charge in [0.25, 0.3) is 0 Å². The minimum absolute atomic E-state index is 0.0282. The van der Waals surface area contributed by atoms with Crippen molar-refractivity contribution in [2.75, 3.05) is 25.0 Å². The second kappa shape index (κ2) is 8.24. The largest absolute Gasteiger partial charge is 0.478 e. The van der Waals surface area contributed by atoms with Crippen molar-refractivity contribution in [2.45, 2.75) is 33.6 Å². The smallest absolute Gasteiger partial charge is 0.335 e. The Morgan fingerprint density at radius 1 is 1.24 bits per heavy atom. The number of aromatic carboxylic acids is 1. The Labute approximate surface area is 125 Å². The summed E-state index contributed by atoms with van der Waals surface area (Å²) in [5.41, 5.74) is 0.904. The molecule has 6 heteroatoms. The maximum atomic E-state index is 11.9. The van der Waals surface area contributed by atoms with Gasteiger partial charge in [-0.25, -0.2) is 9.78 Å². The van der Waals surface area contributed by atoms with Crippen LogP contribution in [-0.2, 0) is 11.2 Å². The van der Waals surface area contributed by atoms with Crippen molar-refractivity contribution in [1.29, 1.82) is 0 Å². The first-order chi connectivity index (χ1) is 10.0. The van der Waals surface area contributed by atoms with Gasteiger partial charge < -0.3 is 15.3 Å². The fraction of sp³-hybridized carbons (Fsp3) is 0.533. The number of pyridine rings is 1. The number of aromatic nitrogens is 1.